The van der Waals surface area contributed by atoms with Crippen molar-refractivity contribution in [1.82, 2.24) is 0 Å². The van der Waals surface area contributed by atoms with Crippen molar-refractivity contribution in [2.45, 2.75) is 6.16 Å². The van der Waals surface area contributed by atoms with Gasteiger partial charge in [0, 0.05) is 0 Å². The van der Waals surface area contributed by atoms with Gasteiger partial charge < -0.3 is 14.2 Å². The molecular formula is C28H27NO5P+. The molecule has 0 atom stereocenters. The van der Waals surface area contributed by atoms with Crippen molar-refractivity contribution in [3.8, 4) is 17.2 Å². The SMILES string of the molecule is COc1cc(C[P+](c2ccccc2)(c2ccccc2)c2ccccc2)c([N+](=O)[O-])c(OC)c1OC. The number of nitrogens with zero attached hydrogens (tertiary/aromatic N) is 1. The van der Waals surface area contributed by atoms with Crippen LogP contribution in [0.1, 0.15) is 5.56 Å². The summed E-state index contributed by atoms with van der Waals surface area (Å²) in [7, 11) is 1.98. The Morgan fingerprint density at radius 3 is 1.46 bits per heavy atom. The van der Waals surface area contributed by atoms with Crippen molar-refractivity contribution in [3.63, 3.8) is 0 Å². The fourth-order valence-corrected chi connectivity index (χ4v) is 8.77. The van der Waals surface area contributed by atoms with E-state index in [0.29, 0.717) is 17.5 Å². The molecule has 0 saturated carbocycles. The van der Waals surface area contributed by atoms with Crippen molar-refractivity contribution in [2.75, 3.05) is 21.3 Å². The molecule has 0 amide bonds. The number of nitro groups is 1. The maximum absolute atomic E-state index is 12.4. The van der Waals surface area contributed by atoms with E-state index in [-0.39, 0.29) is 17.2 Å². The van der Waals surface area contributed by atoms with Crippen molar-refractivity contribution in [3.05, 3.63) is 113 Å². The zero-order chi connectivity index (χ0) is 24.8. The fourth-order valence-electron chi connectivity index (χ4n) is 4.54. The number of benzene rings is 4. The number of hydrogen-bond donors (Lipinski definition) is 0. The first-order valence-corrected chi connectivity index (χ1v) is 13.0. The maximum atomic E-state index is 12.4. The van der Waals surface area contributed by atoms with Crippen LogP contribution in [-0.2, 0) is 6.16 Å². The number of rotatable bonds is 9. The van der Waals surface area contributed by atoms with Gasteiger partial charge in [0.25, 0.3) is 0 Å². The second kappa shape index (κ2) is 10.6. The Morgan fingerprint density at radius 1 is 0.686 bits per heavy atom. The molecule has 4 aromatic carbocycles. The lowest BCUT2D eigenvalue weighted by Crippen LogP contribution is -2.32. The largest absolute Gasteiger partial charge is 0.493 e. The Balaban J connectivity index is 2.09. The number of ether oxygens (including phenoxy) is 3. The molecule has 0 fully saturated rings. The van der Waals surface area contributed by atoms with Crippen LogP contribution in [0.4, 0.5) is 5.69 Å². The third-order valence-electron chi connectivity index (χ3n) is 6.06. The van der Waals surface area contributed by atoms with Crippen LogP contribution in [0.3, 0.4) is 0 Å². The molecule has 0 unspecified atom stereocenters. The molecule has 0 aliphatic carbocycles. The van der Waals surface area contributed by atoms with Gasteiger partial charge in [0.15, 0.2) is 5.75 Å². The van der Waals surface area contributed by atoms with Crippen LogP contribution in [0, 0.1) is 10.1 Å². The van der Waals surface area contributed by atoms with E-state index in [1.807, 2.05) is 54.6 Å². The van der Waals surface area contributed by atoms with E-state index in [9.17, 15) is 10.1 Å². The Hall–Kier alpha value is -3.89. The van der Waals surface area contributed by atoms with Crippen molar-refractivity contribution < 1.29 is 19.1 Å². The minimum atomic E-state index is -2.38. The number of methoxy groups -OCH3 is 3. The van der Waals surface area contributed by atoms with Gasteiger partial charge in [-0.1, -0.05) is 54.6 Å². The third-order valence-corrected chi connectivity index (χ3v) is 10.4. The Bertz CT molecular complexity index is 1200. The lowest BCUT2D eigenvalue weighted by Gasteiger charge is -2.28. The highest BCUT2D eigenvalue weighted by molar-refractivity contribution is 7.95. The van der Waals surface area contributed by atoms with Crippen LogP contribution >= 0.6 is 7.26 Å². The summed E-state index contributed by atoms with van der Waals surface area (Å²) in [6, 6.07) is 32.4. The normalized spacial score (nSPS) is 11.1. The molecule has 0 aromatic heterocycles. The Kier molecular flexibility index (Phi) is 7.33. The molecule has 0 N–H and O–H groups in total. The second-order valence-electron chi connectivity index (χ2n) is 7.88. The van der Waals surface area contributed by atoms with Crippen LogP contribution in [-0.4, -0.2) is 26.3 Å². The minimum Gasteiger partial charge on any atom is -0.493 e. The molecule has 0 heterocycles. The van der Waals surface area contributed by atoms with Crippen LogP contribution in [0.15, 0.2) is 97.1 Å². The van der Waals surface area contributed by atoms with E-state index in [2.05, 4.69) is 36.4 Å². The summed E-state index contributed by atoms with van der Waals surface area (Å²) < 4.78 is 16.5. The molecule has 4 aromatic rings. The molecule has 0 aliphatic heterocycles. The van der Waals surface area contributed by atoms with Crippen molar-refractivity contribution in [1.29, 1.82) is 0 Å². The Labute approximate surface area is 205 Å². The van der Waals surface area contributed by atoms with Crippen molar-refractivity contribution >= 4 is 28.9 Å². The molecule has 0 radical (unpaired) electrons. The molecular weight excluding hydrogens is 461 g/mol. The van der Waals surface area contributed by atoms with Gasteiger partial charge in [0.2, 0.25) is 11.5 Å². The zero-order valence-corrected chi connectivity index (χ0v) is 20.8. The first-order valence-electron chi connectivity index (χ1n) is 11.1. The molecule has 35 heavy (non-hydrogen) atoms. The average Bonchev–Trinajstić information content (AvgIpc) is 2.92. The van der Waals surface area contributed by atoms with Gasteiger partial charge in [-0.15, -0.1) is 0 Å². The zero-order valence-electron chi connectivity index (χ0n) is 19.9. The van der Waals surface area contributed by atoms with Crippen molar-refractivity contribution in [2.24, 2.45) is 0 Å². The van der Waals surface area contributed by atoms with Gasteiger partial charge >= 0.3 is 5.69 Å². The lowest BCUT2D eigenvalue weighted by atomic mass is 10.1. The molecule has 0 saturated heterocycles. The van der Waals surface area contributed by atoms with Gasteiger partial charge in [0.1, 0.15) is 29.3 Å². The van der Waals surface area contributed by atoms with E-state index >= 15 is 0 Å². The average molecular weight is 489 g/mol. The summed E-state index contributed by atoms with van der Waals surface area (Å²) in [6.07, 6.45) is 0.401. The smallest absolute Gasteiger partial charge is 0.322 e. The van der Waals surface area contributed by atoms with E-state index in [4.69, 9.17) is 14.2 Å². The molecule has 178 valence electrons. The van der Waals surface area contributed by atoms with Gasteiger partial charge in [0.05, 0.1) is 31.8 Å². The van der Waals surface area contributed by atoms with Gasteiger partial charge in [-0.3, -0.25) is 10.1 Å². The molecule has 4 rings (SSSR count). The standard InChI is InChI=1S/C28H27NO5P/c1-32-25-19-21(26(29(30)31)28(34-3)27(25)33-2)20-35(22-13-7-4-8-14-22,23-15-9-5-10-16-23)24-17-11-6-12-18-24/h4-19H,20H2,1-3H3/q+1. The summed E-state index contributed by atoms with van der Waals surface area (Å²) >= 11 is 0. The summed E-state index contributed by atoms with van der Waals surface area (Å²) in [6.45, 7) is 0. The number of nitro benzene ring substituents is 1. The minimum absolute atomic E-state index is 0.0548. The first kappa shape index (κ1) is 24.2. The van der Waals surface area contributed by atoms with Crippen LogP contribution in [0.2, 0.25) is 0 Å². The van der Waals surface area contributed by atoms with Gasteiger partial charge in [-0.05, 0) is 42.5 Å². The highest BCUT2D eigenvalue weighted by atomic mass is 31.2. The van der Waals surface area contributed by atoms with E-state index in [1.165, 1.54) is 21.3 Å². The summed E-state index contributed by atoms with van der Waals surface area (Å²) in [5, 5.41) is 15.8. The van der Waals surface area contributed by atoms with E-state index < -0.39 is 12.2 Å². The van der Waals surface area contributed by atoms with E-state index in [1.54, 1.807) is 6.07 Å². The predicted molar refractivity (Wildman–Crippen MR) is 142 cm³/mol. The maximum Gasteiger partial charge on any atom is 0.322 e. The molecule has 0 spiro atoms. The van der Waals surface area contributed by atoms with Crippen LogP contribution in [0.5, 0.6) is 17.2 Å². The lowest BCUT2D eigenvalue weighted by molar-refractivity contribution is -0.386. The summed E-state index contributed by atoms with van der Waals surface area (Å²) in [5.74, 6) is 0.643. The predicted octanol–water partition coefficient (Wildman–Crippen LogP) is 5.11. The first-order chi connectivity index (χ1) is 17.1. The quantitative estimate of drug-likeness (QED) is 0.186. The van der Waals surface area contributed by atoms with Gasteiger partial charge in [-0.25, -0.2) is 0 Å². The van der Waals surface area contributed by atoms with Gasteiger partial charge in [-0.2, -0.15) is 0 Å². The highest BCUT2D eigenvalue weighted by Gasteiger charge is 2.47. The molecule has 6 nitrogen and oxygen atoms in total. The monoisotopic (exact) mass is 488 g/mol. The fraction of sp³-hybridized carbons (Fsp3) is 0.143. The second-order valence-corrected chi connectivity index (χ2v) is 11.4. The molecule has 0 aliphatic rings. The van der Waals surface area contributed by atoms with E-state index in [0.717, 1.165) is 15.9 Å². The third kappa shape index (κ3) is 4.45. The Morgan fingerprint density at radius 2 is 1.11 bits per heavy atom. The van der Waals surface area contributed by atoms with Crippen LogP contribution in [0.25, 0.3) is 0 Å². The summed E-state index contributed by atoms with van der Waals surface area (Å²) in [4.78, 5) is 12.0. The highest BCUT2D eigenvalue weighted by Crippen LogP contribution is 2.60. The molecule has 7 heteroatoms. The topological polar surface area (TPSA) is 70.8 Å². The number of hydrogen-bond acceptors (Lipinski definition) is 5. The molecule has 0 bridgehead atoms. The summed E-state index contributed by atoms with van der Waals surface area (Å²) in [5.41, 5.74) is 0.409. The van der Waals surface area contributed by atoms with Crippen LogP contribution < -0.4 is 30.1 Å².